The van der Waals surface area contributed by atoms with Crippen LogP contribution in [0.4, 0.5) is 0 Å². The molecule has 2 nitrogen and oxygen atoms in total. The zero-order chi connectivity index (χ0) is 6.57. The molecule has 0 saturated heterocycles. The Morgan fingerprint density at radius 3 is 2.62 bits per heavy atom. The Bertz CT molecular complexity index is 86.1. The average Bonchev–Trinajstić information content (AvgIpc) is 1.84. The van der Waals surface area contributed by atoms with E-state index in [0.29, 0.717) is 10.8 Å². The standard InChI is InChI=1S/C4H9NOS2/c1-6-4(8)3(5)2-7/h3,7H,2,5H2,1H3/t3-/m0/s1. The van der Waals surface area contributed by atoms with Gasteiger partial charge in [0, 0.05) is 5.75 Å². The quantitative estimate of drug-likeness (QED) is 0.437. The second kappa shape index (κ2) is 4.12. The van der Waals surface area contributed by atoms with Gasteiger partial charge in [0.2, 0.25) is 0 Å². The number of rotatable bonds is 2. The van der Waals surface area contributed by atoms with Crippen LogP contribution in [-0.4, -0.2) is 24.0 Å². The molecule has 0 amide bonds. The normalized spacial score (nSPS) is 12.9. The van der Waals surface area contributed by atoms with Gasteiger partial charge in [-0.1, -0.05) is 0 Å². The largest absolute Gasteiger partial charge is 0.489 e. The second-order valence-electron chi connectivity index (χ2n) is 1.31. The lowest BCUT2D eigenvalue weighted by atomic mass is 10.4. The van der Waals surface area contributed by atoms with Gasteiger partial charge in [0.1, 0.15) is 0 Å². The van der Waals surface area contributed by atoms with E-state index in [1.807, 2.05) is 0 Å². The molecule has 0 aromatic carbocycles. The van der Waals surface area contributed by atoms with Crippen LogP contribution < -0.4 is 5.73 Å². The van der Waals surface area contributed by atoms with Crippen LogP contribution in [0.25, 0.3) is 0 Å². The van der Waals surface area contributed by atoms with Crippen molar-refractivity contribution in [2.45, 2.75) is 6.04 Å². The van der Waals surface area contributed by atoms with Gasteiger partial charge in [-0.05, 0) is 12.2 Å². The fourth-order valence-corrected chi connectivity index (χ4v) is 0.599. The van der Waals surface area contributed by atoms with Crippen LogP contribution in [0.3, 0.4) is 0 Å². The first kappa shape index (κ1) is 8.20. The maximum absolute atomic E-state index is 5.38. The highest BCUT2D eigenvalue weighted by Gasteiger charge is 2.04. The first-order chi connectivity index (χ1) is 3.72. The van der Waals surface area contributed by atoms with Crippen LogP contribution in [0.2, 0.25) is 0 Å². The summed E-state index contributed by atoms with van der Waals surface area (Å²) in [4.78, 5) is 0. The van der Waals surface area contributed by atoms with E-state index in [4.69, 9.17) is 5.73 Å². The molecule has 0 fully saturated rings. The molecular weight excluding hydrogens is 142 g/mol. The topological polar surface area (TPSA) is 35.2 Å². The first-order valence-corrected chi connectivity index (χ1v) is 3.20. The summed E-state index contributed by atoms with van der Waals surface area (Å²) >= 11 is 8.60. The number of hydrogen-bond donors (Lipinski definition) is 2. The molecule has 0 heterocycles. The van der Waals surface area contributed by atoms with E-state index in [9.17, 15) is 0 Å². The number of ether oxygens (including phenoxy) is 1. The third-order valence-corrected chi connectivity index (χ3v) is 1.56. The van der Waals surface area contributed by atoms with Crippen molar-refractivity contribution in [2.75, 3.05) is 12.9 Å². The van der Waals surface area contributed by atoms with Crippen LogP contribution >= 0.6 is 24.8 Å². The molecule has 0 aromatic heterocycles. The number of hydrogen-bond acceptors (Lipinski definition) is 4. The minimum absolute atomic E-state index is 0.210. The zero-order valence-electron chi connectivity index (χ0n) is 4.63. The molecule has 1 atom stereocenters. The van der Waals surface area contributed by atoms with Crippen molar-refractivity contribution in [3.8, 4) is 0 Å². The molecular formula is C4H9NOS2. The van der Waals surface area contributed by atoms with Crippen LogP contribution in [0.5, 0.6) is 0 Å². The van der Waals surface area contributed by atoms with Gasteiger partial charge in [-0.3, -0.25) is 0 Å². The summed E-state index contributed by atoms with van der Waals surface area (Å²) in [6.07, 6.45) is 0. The van der Waals surface area contributed by atoms with Crippen molar-refractivity contribution in [2.24, 2.45) is 5.73 Å². The van der Waals surface area contributed by atoms with Gasteiger partial charge < -0.3 is 10.5 Å². The van der Waals surface area contributed by atoms with E-state index in [1.54, 1.807) is 0 Å². The Hall–Kier alpha value is 0.200. The minimum atomic E-state index is -0.210. The molecule has 4 heteroatoms. The lowest BCUT2D eigenvalue weighted by molar-refractivity contribution is 0.397. The summed E-state index contributed by atoms with van der Waals surface area (Å²) in [6.45, 7) is 0. The summed E-state index contributed by atoms with van der Waals surface area (Å²) in [7, 11) is 1.51. The Balaban J connectivity index is 3.46. The molecule has 0 aromatic rings. The first-order valence-electron chi connectivity index (χ1n) is 2.16. The fraction of sp³-hybridized carbons (Fsp3) is 0.750. The van der Waals surface area contributed by atoms with Gasteiger partial charge in [-0.15, -0.1) is 0 Å². The van der Waals surface area contributed by atoms with E-state index in [0.717, 1.165) is 0 Å². The van der Waals surface area contributed by atoms with Gasteiger partial charge in [-0.2, -0.15) is 12.6 Å². The minimum Gasteiger partial charge on any atom is -0.489 e. The van der Waals surface area contributed by atoms with Gasteiger partial charge in [0.05, 0.1) is 13.2 Å². The maximum atomic E-state index is 5.38. The predicted octanol–water partition coefficient (Wildman–Crippen LogP) is 0.217. The lowest BCUT2D eigenvalue weighted by Crippen LogP contribution is -2.31. The van der Waals surface area contributed by atoms with Crippen molar-refractivity contribution in [3.63, 3.8) is 0 Å². The second-order valence-corrected chi connectivity index (χ2v) is 2.08. The summed E-state index contributed by atoms with van der Waals surface area (Å²) in [5.74, 6) is 0.534. The maximum Gasteiger partial charge on any atom is 0.176 e. The molecule has 48 valence electrons. The molecule has 0 unspecified atom stereocenters. The van der Waals surface area contributed by atoms with Crippen molar-refractivity contribution in [3.05, 3.63) is 0 Å². The smallest absolute Gasteiger partial charge is 0.176 e. The summed E-state index contributed by atoms with van der Waals surface area (Å²) in [6, 6.07) is -0.210. The Morgan fingerprint density at radius 1 is 2.00 bits per heavy atom. The monoisotopic (exact) mass is 151 g/mol. The molecule has 0 radical (unpaired) electrons. The average molecular weight is 151 g/mol. The summed E-state index contributed by atoms with van der Waals surface area (Å²) in [5.41, 5.74) is 5.38. The van der Waals surface area contributed by atoms with E-state index >= 15 is 0 Å². The van der Waals surface area contributed by atoms with Crippen LogP contribution in [0.15, 0.2) is 0 Å². The molecule has 0 saturated carbocycles. The number of thiol groups is 1. The molecule has 2 N–H and O–H groups in total. The molecule has 0 spiro atoms. The third-order valence-electron chi connectivity index (χ3n) is 0.701. The molecule has 0 rings (SSSR count). The molecule has 0 aliphatic rings. The number of methoxy groups -OCH3 is 1. The van der Waals surface area contributed by atoms with Gasteiger partial charge >= 0.3 is 0 Å². The van der Waals surface area contributed by atoms with Gasteiger partial charge in [0.15, 0.2) is 5.05 Å². The van der Waals surface area contributed by atoms with Crippen molar-refractivity contribution < 1.29 is 4.74 Å². The summed E-state index contributed by atoms with van der Waals surface area (Å²) < 4.78 is 4.66. The van der Waals surface area contributed by atoms with Crippen LogP contribution in [-0.2, 0) is 4.74 Å². The molecule has 0 bridgehead atoms. The zero-order valence-corrected chi connectivity index (χ0v) is 6.34. The van der Waals surface area contributed by atoms with Crippen molar-refractivity contribution in [1.82, 2.24) is 0 Å². The molecule has 0 aliphatic heterocycles. The van der Waals surface area contributed by atoms with Gasteiger partial charge in [0.25, 0.3) is 0 Å². The van der Waals surface area contributed by atoms with Crippen LogP contribution in [0, 0.1) is 0 Å². The lowest BCUT2D eigenvalue weighted by Gasteiger charge is -2.06. The summed E-state index contributed by atoms with van der Waals surface area (Å²) in [5, 5.41) is 0.417. The highest BCUT2D eigenvalue weighted by atomic mass is 32.1. The van der Waals surface area contributed by atoms with Crippen molar-refractivity contribution in [1.29, 1.82) is 0 Å². The number of thiocarbonyl (C=S) groups is 1. The van der Waals surface area contributed by atoms with E-state index in [1.165, 1.54) is 7.11 Å². The van der Waals surface area contributed by atoms with Gasteiger partial charge in [-0.25, -0.2) is 0 Å². The van der Waals surface area contributed by atoms with Crippen molar-refractivity contribution >= 4 is 29.9 Å². The van der Waals surface area contributed by atoms with E-state index < -0.39 is 0 Å². The highest BCUT2D eigenvalue weighted by molar-refractivity contribution is 7.81. The van der Waals surface area contributed by atoms with Crippen LogP contribution in [0.1, 0.15) is 0 Å². The Morgan fingerprint density at radius 2 is 2.50 bits per heavy atom. The third kappa shape index (κ3) is 2.49. The molecule has 8 heavy (non-hydrogen) atoms. The number of nitrogens with two attached hydrogens (primary N) is 1. The SMILES string of the molecule is COC(=S)[C@@H](N)CS. The predicted molar refractivity (Wildman–Crippen MR) is 41.4 cm³/mol. The Kier molecular flexibility index (Phi) is 4.22. The Labute approximate surface area is 59.8 Å². The van der Waals surface area contributed by atoms with E-state index in [2.05, 4.69) is 29.6 Å². The highest BCUT2D eigenvalue weighted by Crippen LogP contribution is 1.88. The van der Waals surface area contributed by atoms with E-state index in [-0.39, 0.29) is 6.04 Å². The molecule has 0 aliphatic carbocycles. The fourth-order valence-electron chi connectivity index (χ4n) is 0.226.